The number of carbonyl (C=O) groups is 1. The predicted molar refractivity (Wildman–Crippen MR) is 122 cm³/mol. The largest absolute Gasteiger partial charge is 0.340 e. The minimum absolute atomic E-state index is 0.108. The molecule has 0 aliphatic heterocycles. The fraction of sp³-hybridized carbons (Fsp3) is 0.360. The minimum atomic E-state index is -0.281. The molecule has 2 aromatic carbocycles. The molecule has 0 saturated carbocycles. The SMILES string of the molecule is CCN(CC)C(C(=O)N(C)Cc1c(C)nn(-c2ccccc2)c1C)c1ccccc1. The molecule has 0 aliphatic carbocycles. The summed E-state index contributed by atoms with van der Waals surface area (Å²) in [7, 11) is 1.89. The third kappa shape index (κ3) is 4.46. The normalized spacial score (nSPS) is 12.2. The van der Waals surface area contributed by atoms with E-state index in [2.05, 4.69) is 25.7 Å². The van der Waals surface area contributed by atoms with Gasteiger partial charge in [-0.25, -0.2) is 4.68 Å². The summed E-state index contributed by atoms with van der Waals surface area (Å²) < 4.78 is 1.96. The number of aromatic nitrogens is 2. The van der Waals surface area contributed by atoms with Crippen LogP contribution in [0.3, 0.4) is 0 Å². The van der Waals surface area contributed by atoms with Gasteiger partial charge in [-0.2, -0.15) is 5.10 Å². The first-order chi connectivity index (χ1) is 14.5. The fourth-order valence-electron chi connectivity index (χ4n) is 3.98. The Morgan fingerprint density at radius 2 is 1.53 bits per heavy atom. The zero-order valence-electron chi connectivity index (χ0n) is 18.7. The van der Waals surface area contributed by atoms with Crippen LogP contribution in [-0.4, -0.2) is 45.6 Å². The molecule has 5 heteroatoms. The van der Waals surface area contributed by atoms with E-state index >= 15 is 0 Å². The molecule has 0 aliphatic rings. The number of hydrogen-bond donors (Lipinski definition) is 0. The maximum atomic E-state index is 13.6. The van der Waals surface area contributed by atoms with Crippen LogP contribution in [0.4, 0.5) is 0 Å². The molecule has 1 atom stereocenters. The maximum absolute atomic E-state index is 13.6. The molecule has 1 heterocycles. The summed E-state index contributed by atoms with van der Waals surface area (Å²) >= 11 is 0. The molecule has 3 rings (SSSR count). The second kappa shape index (κ2) is 9.72. The lowest BCUT2D eigenvalue weighted by atomic mass is 10.0. The van der Waals surface area contributed by atoms with Gasteiger partial charge < -0.3 is 4.90 Å². The molecule has 158 valence electrons. The molecule has 0 fully saturated rings. The van der Waals surface area contributed by atoms with E-state index in [9.17, 15) is 4.79 Å². The Balaban J connectivity index is 1.88. The molecule has 1 aromatic heterocycles. The molecule has 1 amide bonds. The number of carbonyl (C=O) groups excluding carboxylic acids is 1. The van der Waals surface area contributed by atoms with E-state index in [4.69, 9.17) is 5.10 Å². The van der Waals surface area contributed by atoms with Crippen LogP contribution in [-0.2, 0) is 11.3 Å². The molecule has 3 aromatic rings. The summed E-state index contributed by atoms with van der Waals surface area (Å²) in [5.74, 6) is 0.108. The molecule has 0 radical (unpaired) electrons. The summed E-state index contributed by atoms with van der Waals surface area (Å²) in [6, 6.07) is 19.9. The van der Waals surface area contributed by atoms with Gasteiger partial charge in [0.15, 0.2) is 0 Å². The molecule has 30 heavy (non-hydrogen) atoms. The lowest BCUT2D eigenvalue weighted by Crippen LogP contribution is -2.41. The van der Waals surface area contributed by atoms with Gasteiger partial charge >= 0.3 is 0 Å². The van der Waals surface area contributed by atoms with Crippen molar-refractivity contribution in [1.82, 2.24) is 19.6 Å². The summed E-state index contributed by atoms with van der Waals surface area (Å²) in [5, 5.41) is 4.73. The Kier molecular flexibility index (Phi) is 7.06. The van der Waals surface area contributed by atoms with Gasteiger partial charge in [-0.1, -0.05) is 62.4 Å². The van der Waals surface area contributed by atoms with Crippen LogP contribution in [0.5, 0.6) is 0 Å². The molecule has 0 saturated heterocycles. The van der Waals surface area contributed by atoms with Crippen molar-refractivity contribution in [2.75, 3.05) is 20.1 Å². The highest BCUT2D eigenvalue weighted by molar-refractivity contribution is 5.83. The first-order valence-electron chi connectivity index (χ1n) is 10.6. The van der Waals surface area contributed by atoms with E-state index in [-0.39, 0.29) is 11.9 Å². The Morgan fingerprint density at radius 3 is 2.10 bits per heavy atom. The van der Waals surface area contributed by atoms with Gasteiger partial charge in [0.05, 0.1) is 11.4 Å². The first-order valence-corrected chi connectivity index (χ1v) is 10.6. The number of amides is 1. The predicted octanol–water partition coefficient (Wildman–Crippen LogP) is 4.53. The molecular weight excluding hydrogens is 372 g/mol. The minimum Gasteiger partial charge on any atom is -0.340 e. The van der Waals surface area contributed by atoms with Gasteiger partial charge in [0.1, 0.15) is 6.04 Å². The van der Waals surface area contributed by atoms with Crippen LogP contribution in [0, 0.1) is 13.8 Å². The number of hydrogen-bond acceptors (Lipinski definition) is 3. The molecule has 0 bridgehead atoms. The van der Waals surface area contributed by atoms with E-state index in [1.165, 1.54) is 0 Å². The maximum Gasteiger partial charge on any atom is 0.244 e. The van der Waals surface area contributed by atoms with Crippen LogP contribution in [0.25, 0.3) is 5.69 Å². The van der Waals surface area contributed by atoms with Gasteiger partial charge in [-0.05, 0) is 44.6 Å². The number of aryl methyl sites for hydroxylation is 1. The number of likely N-dealkylation sites (N-methyl/N-ethyl adjacent to an activating group) is 2. The van der Waals surface area contributed by atoms with Crippen LogP contribution in [0.15, 0.2) is 60.7 Å². The van der Waals surface area contributed by atoms with Gasteiger partial charge in [-0.15, -0.1) is 0 Å². The quantitative estimate of drug-likeness (QED) is 0.554. The summed E-state index contributed by atoms with van der Waals surface area (Å²) in [5.41, 5.74) is 5.18. The lowest BCUT2D eigenvalue weighted by molar-refractivity contribution is -0.136. The topological polar surface area (TPSA) is 41.4 Å². The lowest BCUT2D eigenvalue weighted by Gasteiger charge is -2.32. The van der Waals surface area contributed by atoms with E-state index in [1.54, 1.807) is 0 Å². The highest BCUT2D eigenvalue weighted by Gasteiger charge is 2.29. The average Bonchev–Trinajstić information content (AvgIpc) is 3.06. The van der Waals surface area contributed by atoms with Crippen molar-refractivity contribution in [2.24, 2.45) is 0 Å². The molecule has 5 nitrogen and oxygen atoms in total. The third-order valence-corrected chi connectivity index (χ3v) is 5.74. The number of rotatable bonds is 8. The molecule has 1 unspecified atom stereocenters. The van der Waals surface area contributed by atoms with Crippen molar-refractivity contribution in [3.05, 3.63) is 83.2 Å². The highest BCUT2D eigenvalue weighted by Crippen LogP contribution is 2.25. The zero-order valence-corrected chi connectivity index (χ0v) is 18.7. The van der Waals surface area contributed by atoms with Crippen LogP contribution < -0.4 is 0 Å². The smallest absolute Gasteiger partial charge is 0.244 e. The van der Waals surface area contributed by atoms with Crippen molar-refractivity contribution in [2.45, 2.75) is 40.3 Å². The Labute approximate surface area is 179 Å². The summed E-state index contributed by atoms with van der Waals surface area (Å²) in [6.45, 7) is 10.5. The molecule has 0 spiro atoms. The number of para-hydroxylation sites is 1. The van der Waals surface area contributed by atoms with Gasteiger partial charge in [0.2, 0.25) is 5.91 Å². The van der Waals surface area contributed by atoms with E-state index < -0.39 is 0 Å². The monoisotopic (exact) mass is 404 g/mol. The van der Waals surface area contributed by atoms with Gasteiger partial charge in [0, 0.05) is 24.8 Å². The Morgan fingerprint density at radius 1 is 0.967 bits per heavy atom. The number of nitrogens with zero attached hydrogens (tertiary/aromatic N) is 4. The highest BCUT2D eigenvalue weighted by atomic mass is 16.2. The van der Waals surface area contributed by atoms with Gasteiger partial charge in [0.25, 0.3) is 0 Å². The summed E-state index contributed by atoms with van der Waals surface area (Å²) in [6.07, 6.45) is 0. The molecule has 0 N–H and O–H groups in total. The van der Waals surface area contributed by atoms with Gasteiger partial charge in [-0.3, -0.25) is 9.69 Å². The Bertz CT molecular complexity index is 962. The van der Waals surface area contributed by atoms with Crippen molar-refractivity contribution < 1.29 is 4.79 Å². The second-order valence-corrected chi connectivity index (χ2v) is 7.63. The van der Waals surface area contributed by atoms with Crippen molar-refractivity contribution >= 4 is 5.91 Å². The first kappa shape index (κ1) is 21.8. The fourth-order valence-corrected chi connectivity index (χ4v) is 3.98. The second-order valence-electron chi connectivity index (χ2n) is 7.63. The molecular formula is C25H32N4O. The van der Waals surface area contributed by atoms with E-state index in [0.717, 1.165) is 41.3 Å². The van der Waals surface area contributed by atoms with Crippen LogP contribution in [0.2, 0.25) is 0 Å². The zero-order chi connectivity index (χ0) is 21.7. The van der Waals surface area contributed by atoms with Crippen LogP contribution in [0.1, 0.15) is 42.4 Å². The van der Waals surface area contributed by atoms with Crippen molar-refractivity contribution in [3.8, 4) is 5.69 Å². The number of benzene rings is 2. The standard InChI is InChI=1S/C25H32N4O/c1-6-28(7-2)24(21-14-10-8-11-15-21)25(30)27(5)18-23-19(3)26-29(20(23)4)22-16-12-9-13-17-22/h8-17,24H,6-7,18H2,1-5H3. The van der Waals surface area contributed by atoms with Crippen molar-refractivity contribution in [1.29, 1.82) is 0 Å². The van der Waals surface area contributed by atoms with Crippen molar-refractivity contribution in [3.63, 3.8) is 0 Å². The average molecular weight is 405 g/mol. The third-order valence-electron chi connectivity index (χ3n) is 5.74. The van der Waals surface area contributed by atoms with E-state index in [1.807, 2.05) is 84.2 Å². The Hall–Kier alpha value is -2.92. The van der Waals surface area contributed by atoms with E-state index in [0.29, 0.717) is 6.54 Å². The van der Waals surface area contributed by atoms with Crippen LogP contribution >= 0.6 is 0 Å². The summed E-state index contributed by atoms with van der Waals surface area (Å²) in [4.78, 5) is 17.6.